The van der Waals surface area contributed by atoms with Gasteiger partial charge in [0.25, 0.3) is 0 Å². The maximum Gasteiger partial charge on any atom is 0.311 e. The van der Waals surface area contributed by atoms with E-state index < -0.39 is 11.4 Å². The predicted molar refractivity (Wildman–Crippen MR) is 72.9 cm³/mol. The summed E-state index contributed by atoms with van der Waals surface area (Å²) in [6, 6.07) is 7.66. The van der Waals surface area contributed by atoms with Crippen LogP contribution in [0.25, 0.3) is 0 Å². The van der Waals surface area contributed by atoms with Gasteiger partial charge in [-0.2, -0.15) is 0 Å². The Labute approximate surface area is 121 Å². The van der Waals surface area contributed by atoms with Gasteiger partial charge in [0.1, 0.15) is 5.75 Å². The average molecular weight is 288 g/mol. The monoisotopic (exact) mass is 288 g/mol. The van der Waals surface area contributed by atoms with Crippen LogP contribution in [-0.4, -0.2) is 38.4 Å². The van der Waals surface area contributed by atoms with Crippen LogP contribution in [0.4, 0.5) is 0 Å². The van der Waals surface area contributed by atoms with Crippen molar-refractivity contribution in [1.29, 1.82) is 0 Å². The van der Waals surface area contributed by atoms with Crippen molar-refractivity contribution in [2.45, 2.75) is 25.8 Å². The van der Waals surface area contributed by atoms with E-state index in [0.29, 0.717) is 31.6 Å². The summed E-state index contributed by atoms with van der Waals surface area (Å²) in [7, 11) is 1.62. The number of carboxylic acids is 1. The second-order valence-corrected chi connectivity index (χ2v) is 5.37. The van der Waals surface area contributed by atoms with Gasteiger partial charge in [-0.15, -0.1) is 5.10 Å². The van der Waals surface area contributed by atoms with Gasteiger partial charge in [-0.05, 0) is 41.0 Å². The van der Waals surface area contributed by atoms with E-state index >= 15 is 0 Å². The summed E-state index contributed by atoms with van der Waals surface area (Å²) in [6.45, 7) is 0.328. The fourth-order valence-electron chi connectivity index (χ4n) is 2.31. The molecule has 110 valence electrons. The summed E-state index contributed by atoms with van der Waals surface area (Å²) in [6.07, 6.45) is 1.90. The third kappa shape index (κ3) is 2.72. The Balaban J connectivity index is 1.78. The SMILES string of the molecule is COc1cccc(Cc2nnnn2CC2(C(=O)O)CC2)c1. The Morgan fingerprint density at radius 2 is 2.29 bits per heavy atom. The zero-order valence-electron chi connectivity index (χ0n) is 11.7. The van der Waals surface area contributed by atoms with Crippen LogP contribution in [0.2, 0.25) is 0 Å². The number of hydrogen-bond donors (Lipinski definition) is 1. The number of methoxy groups -OCH3 is 1. The van der Waals surface area contributed by atoms with Gasteiger partial charge in [0, 0.05) is 6.42 Å². The Hall–Kier alpha value is -2.44. The highest BCUT2D eigenvalue weighted by molar-refractivity contribution is 5.77. The number of ether oxygens (including phenoxy) is 1. The van der Waals surface area contributed by atoms with Crippen molar-refractivity contribution < 1.29 is 14.6 Å². The Bertz CT molecular complexity index is 664. The van der Waals surface area contributed by atoms with Gasteiger partial charge >= 0.3 is 5.97 Å². The number of rotatable bonds is 6. The number of carboxylic acid groups (broad SMARTS) is 1. The zero-order valence-corrected chi connectivity index (χ0v) is 11.7. The standard InChI is InChI=1S/C14H16N4O3/c1-21-11-4-2-3-10(7-11)8-12-15-16-17-18(12)9-14(5-6-14)13(19)20/h2-4,7H,5-6,8-9H2,1H3,(H,19,20). The molecule has 21 heavy (non-hydrogen) atoms. The van der Waals surface area contributed by atoms with Gasteiger partial charge in [0.05, 0.1) is 19.1 Å². The van der Waals surface area contributed by atoms with Crippen molar-refractivity contribution >= 4 is 5.97 Å². The van der Waals surface area contributed by atoms with Crippen molar-refractivity contribution in [1.82, 2.24) is 20.2 Å². The Morgan fingerprint density at radius 3 is 2.95 bits per heavy atom. The first-order valence-corrected chi connectivity index (χ1v) is 6.74. The summed E-state index contributed by atoms with van der Waals surface area (Å²) in [4.78, 5) is 11.3. The first-order chi connectivity index (χ1) is 10.1. The molecule has 7 heteroatoms. The van der Waals surface area contributed by atoms with E-state index in [0.717, 1.165) is 11.3 Å². The molecule has 1 aromatic carbocycles. The molecule has 1 aromatic heterocycles. The van der Waals surface area contributed by atoms with Gasteiger partial charge in [-0.3, -0.25) is 4.79 Å². The molecule has 1 aliphatic rings. The van der Waals surface area contributed by atoms with E-state index in [-0.39, 0.29) is 0 Å². The molecule has 7 nitrogen and oxygen atoms in total. The number of aromatic nitrogens is 4. The lowest BCUT2D eigenvalue weighted by atomic mass is 10.1. The fraction of sp³-hybridized carbons (Fsp3) is 0.429. The van der Waals surface area contributed by atoms with Crippen molar-refractivity contribution in [3.63, 3.8) is 0 Å². The molecule has 0 radical (unpaired) electrons. The van der Waals surface area contributed by atoms with Crippen LogP contribution in [0.1, 0.15) is 24.2 Å². The molecule has 1 N–H and O–H groups in total. The van der Waals surface area contributed by atoms with Crippen LogP contribution < -0.4 is 4.74 Å². The smallest absolute Gasteiger partial charge is 0.311 e. The maximum absolute atomic E-state index is 11.3. The average Bonchev–Trinajstić information content (AvgIpc) is 3.15. The molecular weight excluding hydrogens is 272 g/mol. The molecule has 1 saturated carbocycles. The lowest BCUT2D eigenvalue weighted by Crippen LogP contribution is -2.23. The molecule has 1 heterocycles. The van der Waals surface area contributed by atoms with Crippen molar-refractivity contribution in [2.24, 2.45) is 5.41 Å². The molecule has 0 unspecified atom stereocenters. The Kier molecular flexibility index (Phi) is 3.32. The molecule has 0 amide bonds. The number of aliphatic carboxylic acids is 1. The van der Waals surface area contributed by atoms with Crippen LogP contribution in [-0.2, 0) is 17.8 Å². The predicted octanol–water partition coefficient (Wildman–Crippen LogP) is 1.14. The van der Waals surface area contributed by atoms with Gasteiger partial charge in [-0.25, -0.2) is 4.68 Å². The molecule has 1 aliphatic carbocycles. The largest absolute Gasteiger partial charge is 0.497 e. The molecule has 0 saturated heterocycles. The van der Waals surface area contributed by atoms with E-state index in [9.17, 15) is 9.90 Å². The number of nitrogens with zero attached hydrogens (tertiary/aromatic N) is 4. The van der Waals surface area contributed by atoms with E-state index in [1.807, 2.05) is 24.3 Å². The van der Waals surface area contributed by atoms with Crippen molar-refractivity contribution in [2.75, 3.05) is 7.11 Å². The lowest BCUT2D eigenvalue weighted by molar-refractivity contribution is -0.144. The summed E-state index contributed by atoms with van der Waals surface area (Å²) < 4.78 is 6.79. The summed E-state index contributed by atoms with van der Waals surface area (Å²) in [5.41, 5.74) is 0.337. The topological polar surface area (TPSA) is 90.1 Å². The number of carbonyl (C=O) groups is 1. The maximum atomic E-state index is 11.3. The molecule has 0 aliphatic heterocycles. The minimum Gasteiger partial charge on any atom is -0.497 e. The highest BCUT2D eigenvalue weighted by Crippen LogP contribution is 2.47. The van der Waals surface area contributed by atoms with Crippen LogP contribution in [0.5, 0.6) is 5.75 Å². The van der Waals surface area contributed by atoms with Crippen LogP contribution in [0.3, 0.4) is 0 Å². The minimum absolute atomic E-state index is 0.328. The molecule has 1 fully saturated rings. The van der Waals surface area contributed by atoms with Gasteiger partial charge in [0.2, 0.25) is 0 Å². The van der Waals surface area contributed by atoms with Crippen LogP contribution >= 0.6 is 0 Å². The van der Waals surface area contributed by atoms with Gasteiger partial charge < -0.3 is 9.84 Å². The van der Waals surface area contributed by atoms with E-state index in [1.54, 1.807) is 11.8 Å². The Morgan fingerprint density at radius 1 is 1.48 bits per heavy atom. The summed E-state index contributed by atoms with van der Waals surface area (Å²) >= 11 is 0. The van der Waals surface area contributed by atoms with Crippen LogP contribution in [0.15, 0.2) is 24.3 Å². The second-order valence-electron chi connectivity index (χ2n) is 5.37. The highest BCUT2D eigenvalue weighted by atomic mass is 16.5. The van der Waals surface area contributed by atoms with Crippen molar-refractivity contribution in [3.8, 4) is 5.75 Å². The van der Waals surface area contributed by atoms with Gasteiger partial charge in [0.15, 0.2) is 5.82 Å². The number of hydrogen-bond acceptors (Lipinski definition) is 5. The molecule has 0 spiro atoms. The van der Waals surface area contributed by atoms with Crippen LogP contribution in [0, 0.1) is 5.41 Å². The molecule has 0 atom stereocenters. The van der Waals surface area contributed by atoms with E-state index in [4.69, 9.17) is 4.74 Å². The summed E-state index contributed by atoms with van der Waals surface area (Å²) in [5.74, 6) is 0.664. The lowest BCUT2D eigenvalue weighted by Gasteiger charge is -2.11. The first kappa shape index (κ1) is 13.5. The normalized spacial score (nSPS) is 15.7. The number of tetrazole rings is 1. The quantitative estimate of drug-likeness (QED) is 0.857. The minimum atomic E-state index is -0.773. The third-order valence-electron chi connectivity index (χ3n) is 3.86. The highest BCUT2D eigenvalue weighted by Gasteiger charge is 2.51. The van der Waals surface area contributed by atoms with Crippen molar-refractivity contribution in [3.05, 3.63) is 35.7 Å². The molecule has 0 bridgehead atoms. The van der Waals surface area contributed by atoms with E-state index in [2.05, 4.69) is 15.5 Å². The zero-order chi connectivity index (χ0) is 14.9. The van der Waals surface area contributed by atoms with E-state index in [1.165, 1.54) is 0 Å². The molecule has 2 aromatic rings. The fourth-order valence-corrected chi connectivity index (χ4v) is 2.31. The number of benzene rings is 1. The third-order valence-corrected chi connectivity index (χ3v) is 3.86. The molecule has 3 rings (SSSR count). The van der Waals surface area contributed by atoms with Gasteiger partial charge in [-0.1, -0.05) is 12.1 Å². The first-order valence-electron chi connectivity index (χ1n) is 6.74. The second kappa shape index (κ2) is 5.16. The summed E-state index contributed by atoms with van der Waals surface area (Å²) in [5, 5.41) is 20.9. The molecular formula is C14H16N4O3.